The van der Waals surface area contributed by atoms with Crippen LogP contribution in [0.5, 0.6) is 0 Å². The van der Waals surface area contributed by atoms with Crippen LogP contribution < -0.4 is 5.32 Å². The van der Waals surface area contributed by atoms with Gasteiger partial charge in [0.2, 0.25) is 0 Å². The predicted octanol–water partition coefficient (Wildman–Crippen LogP) is 1.94. The molecule has 3 nitrogen and oxygen atoms in total. The Labute approximate surface area is 105 Å². The topological polar surface area (TPSA) is 41.5 Å². The zero-order valence-electron chi connectivity index (χ0n) is 11.0. The molecule has 0 radical (unpaired) electrons. The lowest BCUT2D eigenvalue weighted by atomic mass is 10.00. The second-order valence-electron chi connectivity index (χ2n) is 5.88. The van der Waals surface area contributed by atoms with Crippen LogP contribution in [0.4, 0.5) is 0 Å². The molecule has 0 aromatic carbocycles. The second-order valence-corrected chi connectivity index (χ2v) is 5.88. The first-order valence-corrected chi connectivity index (χ1v) is 7.25. The molecule has 2 fully saturated rings. The molecular weight excluding hydrogens is 214 g/mol. The van der Waals surface area contributed by atoms with E-state index in [1.54, 1.807) is 0 Å². The van der Waals surface area contributed by atoms with E-state index >= 15 is 0 Å². The fraction of sp³-hybridized carbons (Fsp3) is 1.00. The lowest BCUT2D eigenvalue weighted by molar-refractivity contribution is 0.0306. The summed E-state index contributed by atoms with van der Waals surface area (Å²) >= 11 is 0. The lowest BCUT2D eigenvalue weighted by Gasteiger charge is -2.22. The molecule has 2 aliphatic rings. The van der Waals surface area contributed by atoms with E-state index in [0.29, 0.717) is 19.2 Å². The van der Waals surface area contributed by atoms with Gasteiger partial charge in [-0.3, -0.25) is 0 Å². The smallest absolute Gasteiger partial charge is 0.0897 e. The molecule has 0 aliphatic heterocycles. The number of aliphatic hydroxyl groups excluding tert-OH is 1. The Morgan fingerprint density at radius 1 is 1.24 bits per heavy atom. The number of hydrogen-bond donors (Lipinski definition) is 2. The van der Waals surface area contributed by atoms with E-state index < -0.39 is 0 Å². The Morgan fingerprint density at radius 3 is 2.59 bits per heavy atom. The van der Waals surface area contributed by atoms with Crippen molar-refractivity contribution in [1.29, 1.82) is 0 Å². The van der Waals surface area contributed by atoms with E-state index in [0.717, 1.165) is 18.4 Å². The summed E-state index contributed by atoms with van der Waals surface area (Å²) in [4.78, 5) is 0. The first-order chi connectivity index (χ1) is 8.25. The Bertz CT molecular complexity index is 212. The standard InChI is InChI=1S/C14H27NO2/c1-11(13-4-2-3-5-13)15-8-14(16)10-17-9-12-6-7-12/h11-16H,2-10H2,1H3/t11-,14?/m1/s1. The highest BCUT2D eigenvalue weighted by Gasteiger charge is 2.23. The minimum absolute atomic E-state index is 0.349. The lowest BCUT2D eigenvalue weighted by Crippen LogP contribution is -2.39. The normalized spacial score (nSPS) is 25.1. The summed E-state index contributed by atoms with van der Waals surface area (Å²) in [6.45, 7) is 4.24. The maximum Gasteiger partial charge on any atom is 0.0897 e. The van der Waals surface area contributed by atoms with E-state index in [9.17, 15) is 5.11 Å². The number of rotatable bonds is 8. The molecule has 0 amide bonds. The van der Waals surface area contributed by atoms with Crippen molar-refractivity contribution in [3.05, 3.63) is 0 Å². The molecule has 0 bridgehead atoms. The Morgan fingerprint density at radius 2 is 1.94 bits per heavy atom. The summed E-state index contributed by atoms with van der Waals surface area (Å²) in [6, 6.07) is 0.538. The third-order valence-electron chi connectivity index (χ3n) is 4.14. The highest BCUT2D eigenvalue weighted by Crippen LogP contribution is 2.29. The molecule has 100 valence electrons. The number of ether oxygens (including phenoxy) is 1. The predicted molar refractivity (Wildman–Crippen MR) is 69.0 cm³/mol. The highest BCUT2D eigenvalue weighted by molar-refractivity contribution is 4.78. The van der Waals surface area contributed by atoms with Crippen LogP contribution in [0.3, 0.4) is 0 Å². The first kappa shape index (κ1) is 13.3. The number of aliphatic hydroxyl groups is 1. The summed E-state index contributed by atoms with van der Waals surface area (Å²) in [7, 11) is 0. The second kappa shape index (κ2) is 6.72. The Hall–Kier alpha value is -0.120. The van der Waals surface area contributed by atoms with Gasteiger partial charge in [-0.05, 0) is 44.4 Å². The SMILES string of the molecule is C[C@@H](NCC(O)COCC1CC1)C1CCCC1. The molecule has 0 aromatic heterocycles. The molecule has 1 unspecified atom stereocenters. The van der Waals surface area contributed by atoms with Gasteiger partial charge >= 0.3 is 0 Å². The zero-order valence-corrected chi connectivity index (χ0v) is 11.0. The van der Waals surface area contributed by atoms with Gasteiger partial charge in [0.15, 0.2) is 0 Å². The van der Waals surface area contributed by atoms with E-state index in [4.69, 9.17) is 4.74 Å². The Kier molecular flexibility index (Phi) is 5.26. The molecule has 2 rings (SSSR count). The van der Waals surface area contributed by atoms with Crippen LogP contribution in [0, 0.1) is 11.8 Å². The van der Waals surface area contributed by atoms with Gasteiger partial charge in [0, 0.05) is 19.2 Å². The zero-order chi connectivity index (χ0) is 12.1. The summed E-state index contributed by atoms with van der Waals surface area (Å²) in [5.74, 6) is 1.60. The minimum Gasteiger partial charge on any atom is -0.389 e. The molecule has 2 atom stereocenters. The maximum atomic E-state index is 9.79. The van der Waals surface area contributed by atoms with Gasteiger partial charge in [0.05, 0.1) is 12.7 Å². The van der Waals surface area contributed by atoms with E-state index in [1.807, 2.05) is 0 Å². The highest BCUT2D eigenvalue weighted by atomic mass is 16.5. The Balaban J connectivity index is 1.50. The van der Waals surface area contributed by atoms with Crippen molar-refractivity contribution in [2.75, 3.05) is 19.8 Å². The molecule has 2 aliphatic carbocycles. The molecule has 0 spiro atoms. The maximum absolute atomic E-state index is 9.79. The molecule has 0 saturated heterocycles. The van der Waals surface area contributed by atoms with Gasteiger partial charge in [-0.15, -0.1) is 0 Å². The van der Waals surface area contributed by atoms with Gasteiger partial charge in [-0.1, -0.05) is 12.8 Å². The monoisotopic (exact) mass is 241 g/mol. The van der Waals surface area contributed by atoms with Crippen LogP contribution in [0.1, 0.15) is 45.4 Å². The van der Waals surface area contributed by atoms with Crippen molar-refractivity contribution >= 4 is 0 Å². The molecule has 3 heteroatoms. The fourth-order valence-electron chi connectivity index (χ4n) is 2.66. The summed E-state index contributed by atoms with van der Waals surface area (Å²) < 4.78 is 5.49. The summed E-state index contributed by atoms with van der Waals surface area (Å²) in [5.41, 5.74) is 0. The van der Waals surface area contributed by atoms with E-state index in [-0.39, 0.29) is 6.10 Å². The van der Waals surface area contributed by atoms with Crippen molar-refractivity contribution in [3.8, 4) is 0 Å². The van der Waals surface area contributed by atoms with Crippen LogP contribution in [0.15, 0.2) is 0 Å². The van der Waals surface area contributed by atoms with Crippen LogP contribution in [-0.4, -0.2) is 37.0 Å². The van der Waals surface area contributed by atoms with Crippen LogP contribution in [0.2, 0.25) is 0 Å². The van der Waals surface area contributed by atoms with Gasteiger partial charge in [0.1, 0.15) is 0 Å². The van der Waals surface area contributed by atoms with Gasteiger partial charge in [-0.2, -0.15) is 0 Å². The molecule has 0 heterocycles. The quantitative estimate of drug-likeness (QED) is 0.682. The van der Waals surface area contributed by atoms with Crippen LogP contribution in [0.25, 0.3) is 0 Å². The molecule has 0 aromatic rings. The van der Waals surface area contributed by atoms with Gasteiger partial charge < -0.3 is 15.2 Å². The van der Waals surface area contributed by atoms with Crippen molar-refractivity contribution in [2.45, 2.75) is 57.6 Å². The third-order valence-corrected chi connectivity index (χ3v) is 4.14. The third kappa shape index (κ3) is 4.94. The van der Waals surface area contributed by atoms with Gasteiger partial charge in [-0.25, -0.2) is 0 Å². The van der Waals surface area contributed by atoms with E-state index in [1.165, 1.54) is 38.5 Å². The van der Waals surface area contributed by atoms with Crippen molar-refractivity contribution < 1.29 is 9.84 Å². The molecule has 2 saturated carbocycles. The fourth-order valence-corrected chi connectivity index (χ4v) is 2.66. The van der Waals surface area contributed by atoms with Crippen molar-refractivity contribution in [1.82, 2.24) is 5.32 Å². The average Bonchev–Trinajstić information content (AvgIpc) is 2.97. The summed E-state index contributed by atoms with van der Waals surface area (Å²) in [5, 5.41) is 13.2. The van der Waals surface area contributed by atoms with Gasteiger partial charge in [0.25, 0.3) is 0 Å². The van der Waals surface area contributed by atoms with Crippen LogP contribution >= 0.6 is 0 Å². The number of nitrogens with one attached hydrogen (secondary N) is 1. The van der Waals surface area contributed by atoms with Crippen molar-refractivity contribution in [3.63, 3.8) is 0 Å². The largest absolute Gasteiger partial charge is 0.389 e. The molecule has 17 heavy (non-hydrogen) atoms. The van der Waals surface area contributed by atoms with Crippen molar-refractivity contribution in [2.24, 2.45) is 11.8 Å². The average molecular weight is 241 g/mol. The molecule has 2 N–H and O–H groups in total. The summed E-state index contributed by atoms with van der Waals surface area (Å²) in [6.07, 6.45) is 7.73. The first-order valence-electron chi connectivity index (χ1n) is 7.25. The van der Waals surface area contributed by atoms with E-state index in [2.05, 4.69) is 12.2 Å². The molecular formula is C14H27NO2. The number of hydrogen-bond acceptors (Lipinski definition) is 3. The minimum atomic E-state index is -0.349. The van der Waals surface area contributed by atoms with Crippen LogP contribution in [-0.2, 0) is 4.74 Å².